The zero-order valence-corrected chi connectivity index (χ0v) is 11.9. The zero-order valence-electron chi connectivity index (χ0n) is 11.9. The predicted octanol–water partition coefficient (Wildman–Crippen LogP) is 3.78. The molecule has 0 N–H and O–H groups in total. The molecular weight excluding hydrogens is 260 g/mol. The molecule has 21 heavy (non-hydrogen) atoms. The molecule has 0 amide bonds. The van der Waals surface area contributed by atoms with Crippen molar-refractivity contribution in [1.29, 1.82) is 0 Å². The van der Waals surface area contributed by atoms with Crippen LogP contribution in [0.1, 0.15) is 25.0 Å². The lowest BCUT2D eigenvalue weighted by molar-refractivity contribution is -0.406. The summed E-state index contributed by atoms with van der Waals surface area (Å²) in [6.07, 6.45) is 9.30. The molecule has 1 atom stereocenters. The van der Waals surface area contributed by atoms with E-state index >= 15 is 0 Å². The van der Waals surface area contributed by atoms with Crippen molar-refractivity contribution in [3.8, 4) is 11.1 Å². The van der Waals surface area contributed by atoms with Crippen LogP contribution in [0.25, 0.3) is 11.1 Å². The summed E-state index contributed by atoms with van der Waals surface area (Å²) in [5, 5.41) is 12.5. The van der Waals surface area contributed by atoms with Crippen molar-refractivity contribution >= 4 is 6.21 Å². The number of aromatic nitrogens is 1. The third-order valence-electron chi connectivity index (χ3n) is 4.53. The average Bonchev–Trinajstić information content (AvgIpc) is 2.85. The van der Waals surface area contributed by atoms with Gasteiger partial charge in [-0.1, -0.05) is 30.3 Å². The molecule has 2 heterocycles. The van der Waals surface area contributed by atoms with Crippen LogP contribution in [0.3, 0.4) is 0 Å². The number of allylic oxidation sites excluding steroid dienone is 2. The lowest BCUT2D eigenvalue weighted by Crippen LogP contribution is -2.18. The van der Waals surface area contributed by atoms with Gasteiger partial charge in [-0.05, 0) is 37.0 Å². The monoisotopic (exact) mass is 278 g/mol. The molecule has 2 aliphatic rings. The van der Waals surface area contributed by atoms with E-state index in [0.29, 0.717) is 5.92 Å². The first-order valence-electron chi connectivity index (χ1n) is 7.59. The van der Waals surface area contributed by atoms with Gasteiger partial charge in [0.15, 0.2) is 5.70 Å². The molecule has 4 rings (SSSR count). The molecule has 0 bridgehead atoms. The Labute approximate surface area is 124 Å². The number of benzene rings is 1. The summed E-state index contributed by atoms with van der Waals surface area (Å²) >= 11 is 0. The SMILES string of the molecule is [O-][N+]1=Cc2c(-c3ccccc3)ccn2C[C@@H]2CCCC=C21. The Kier molecular flexibility index (Phi) is 2.92. The van der Waals surface area contributed by atoms with Gasteiger partial charge in [-0.25, -0.2) is 0 Å². The first-order chi connectivity index (χ1) is 10.3. The molecule has 1 aliphatic heterocycles. The van der Waals surface area contributed by atoms with E-state index in [1.54, 1.807) is 6.21 Å². The van der Waals surface area contributed by atoms with E-state index in [1.807, 2.05) is 18.2 Å². The molecular formula is C18H18N2O. The van der Waals surface area contributed by atoms with Crippen LogP contribution < -0.4 is 0 Å². The van der Waals surface area contributed by atoms with E-state index in [-0.39, 0.29) is 0 Å². The predicted molar refractivity (Wildman–Crippen MR) is 84.1 cm³/mol. The highest BCUT2D eigenvalue weighted by atomic mass is 16.5. The van der Waals surface area contributed by atoms with Crippen molar-refractivity contribution in [3.05, 3.63) is 65.3 Å². The number of fused-ring (bicyclic) bond motifs is 2. The number of hydroxylamine groups is 1. The number of rotatable bonds is 1. The van der Waals surface area contributed by atoms with Crippen molar-refractivity contribution in [2.75, 3.05) is 0 Å². The van der Waals surface area contributed by atoms with Gasteiger partial charge in [0.05, 0.1) is 5.92 Å². The first-order valence-corrected chi connectivity index (χ1v) is 7.59. The van der Waals surface area contributed by atoms with Crippen LogP contribution in [0.5, 0.6) is 0 Å². The van der Waals surface area contributed by atoms with E-state index in [0.717, 1.165) is 46.6 Å². The van der Waals surface area contributed by atoms with Gasteiger partial charge in [-0.15, -0.1) is 0 Å². The van der Waals surface area contributed by atoms with Crippen molar-refractivity contribution in [3.63, 3.8) is 0 Å². The summed E-state index contributed by atoms with van der Waals surface area (Å²) in [5.74, 6) is 0.352. The molecule has 3 heteroatoms. The minimum atomic E-state index is 0.352. The molecule has 0 fully saturated rings. The molecule has 0 saturated heterocycles. The lowest BCUT2D eigenvalue weighted by Gasteiger charge is -2.20. The average molecular weight is 278 g/mol. The minimum Gasteiger partial charge on any atom is -0.618 e. The standard InChI is InChI=1S/C18H18N2O/c21-20-13-18-16(14-6-2-1-3-7-14)10-11-19(18)12-15-8-4-5-9-17(15)20/h1-3,6-7,9-11,13,15H,4-5,8,12H2/t15-/m0/s1. The van der Waals surface area contributed by atoms with Crippen LogP contribution in [0.2, 0.25) is 0 Å². The molecule has 106 valence electrons. The third kappa shape index (κ3) is 2.09. The summed E-state index contributed by atoms with van der Waals surface area (Å²) < 4.78 is 3.32. The van der Waals surface area contributed by atoms with Gasteiger partial charge >= 0.3 is 0 Å². The lowest BCUT2D eigenvalue weighted by atomic mass is 9.92. The van der Waals surface area contributed by atoms with Crippen LogP contribution in [-0.4, -0.2) is 15.5 Å². The highest BCUT2D eigenvalue weighted by molar-refractivity contribution is 5.87. The molecule has 1 aromatic carbocycles. The number of hydrogen-bond acceptors (Lipinski definition) is 1. The highest BCUT2D eigenvalue weighted by Gasteiger charge is 2.29. The summed E-state index contributed by atoms with van der Waals surface area (Å²) in [6.45, 7) is 0.906. The van der Waals surface area contributed by atoms with Crippen LogP contribution in [-0.2, 0) is 6.54 Å². The van der Waals surface area contributed by atoms with Crippen LogP contribution in [0.4, 0.5) is 0 Å². The van der Waals surface area contributed by atoms with E-state index in [1.165, 1.54) is 6.42 Å². The molecule has 1 aromatic heterocycles. The molecule has 2 aromatic rings. The third-order valence-corrected chi connectivity index (χ3v) is 4.53. The summed E-state index contributed by atoms with van der Waals surface area (Å²) in [6, 6.07) is 12.4. The van der Waals surface area contributed by atoms with Crippen molar-refractivity contribution in [1.82, 2.24) is 4.57 Å². The second-order valence-electron chi connectivity index (χ2n) is 5.84. The maximum absolute atomic E-state index is 12.5. The first kappa shape index (κ1) is 12.5. The van der Waals surface area contributed by atoms with Gasteiger partial charge in [0.25, 0.3) is 0 Å². The zero-order chi connectivity index (χ0) is 14.2. The Hall–Kier alpha value is -2.29. The second-order valence-corrected chi connectivity index (χ2v) is 5.84. The van der Waals surface area contributed by atoms with Crippen LogP contribution in [0.15, 0.2) is 54.4 Å². The molecule has 0 radical (unpaired) electrons. The van der Waals surface area contributed by atoms with Gasteiger partial charge in [-0.3, -0.25) is 0 Å². The highest BCUT2D eigenvalue weighted by Crippen LogP contribution is 2.32. The van der Waals surface area contributed by atoms with Gasteiger partial charge in [0.1, 0.15) is 5.69 Å². The molecule has 0 saturated carbocycles. The minimum absolute atomic E-state index is 0.352. The summed E-state index contributed by atoms with van der Waals surface area (Å²) in [5.41, 5.74) is 4.26. The Morgan fingerprint density at radius 2 is 2.00 bits per heavy atom. The quantitative estimate of drug-likeness (QED) is 0.577. The maximum atomic E-state index is 12.5. The van der Waals surface area contributed by atoms with Crippen molar-refractivity contribution < 1.29 is 4.74 Å². The van der Waals surface area contributed by atoms with Crippen molar-refractivity contribution in [2.45, 2.75) is 25.8 Å². The molecule has 0 spiro atoms. The fourth-order valence-corrected chi connectivity index (χ4v) is 3.46. The molecule has 1 aliphatic carbocycles. The van der Waals surface area contributed by atoms with Gasteiger partial charge in [-0.2, -0.15) is 4.74 Å². The largest absolute Gasteiger partial charge is 0.618 e. The smallest absolute Gasteiger partial charge is 0.204 e. The summed E-state index contributed by atoms with van der Waals surface area (Å²) in [7, 11) is 0. The fourth-order valence-electron chi connectivity index (χ4n) is 3.46. The van der Waals surface area contributed by atoms with Gasteiger partial charge in [0, 0.05) is 18.3 Å². The van der Waals surface area contributed by atoms with E-state index in [4.69, 9.17) is 0 Å². The van der Waals surface area contributed by atoms with E-state index in [9.17, 15) is 5.21 Å². The van der Waals surface area contributed by atoms with Crippen LogP contribution in [0, 0.1) is 11.1 Å². The van der Waals surface area contributed by atoms with E-state index in [2.05, 4.69) is 35.0 Å². The number of hydrogen-bond donors (Lipinski definition) is 0. The topological polar surface area (TPSA) is 31.0 Å². The Morgan fingerprint density at radius 1 is 1.14 bits per heavy atom. The Bertz CT molecular complexity index is 725. The molecule has 0 unspecified atom stereocenters. The van der Waals surface area contributed by atoms with Gasteiger partial charge in [0.2, 0.25) is 6.21 Å². The van der Waals surface area contributed by atoms with E-state index < -0.39 is 0 Å². The number of nitrogens with zero attached hydrogens (tertiary/aromatic N) is 2. The fraction of sp³-hybridized carbons (Fsp3) is 0.278. The molecule has 3 nitrogen and oxygen atoms in total. The second kappa shape index (κ2) is 4.92. The Balaban J connectivity index is 1.85. The normalized spacial score (nSPS) is 20.9. The van der Waals surface area contributed by atoms with Crippen molar-refractivity contribution in [2.24, 2.45) is 5.92 Å². The van der Waals surface area contributed by atoms with Gasteiger partial charge < -0.3 is 9.77 Å². The summed E-state index contributed by atoms with van der Waals surface area (Å²) in [4.78, 5) is 0. The Morgan fingerprint density at radius 3 is 2.86 bits per heavy atom. The maximum Gasteiger partial charge on any atom is 0.204 e. The van der Waals surface area contributed by atoms with Crippen LogP contribution >= 0.6 is 0 Å².